The maximum Gasteiger partial charge on any atom is 0.472 e. The number of esters is 1. The van der Waals surface area contributed by atoms with Crippen LogP contribution in [0.4, 0.5) is 0 Å². The van der Waals surface area contributed by atoms with Crippen LogP contribution in [0.15, 0.2) is 134 Å². The van der Waals surface area contributed by atoms with Crippen molar-refractivity contribution in [1.29, 1.82) is 0 Å². The molecule has 0 bridgehead atoms. The minimum absolute atomic E-state index is 0.0186. The average molecular weight is 1120 g/mol. The number of carbonyl (C=O) groups is 2. The van der Waals surface area contributed by atoms with Gasteiger partial charge in [-0.2, -0.15) is 0 Å². The smallest absolute Gasteiger partial charge is 0.456 e. The van der Waals surface area contributed by atoms with Crippen molar-refractivity contribution in [2.75, 3.05) is 40.9 Å². The van der Waals surface area contributed by atoms with Crippen LogP contribution in [0.3, 0.4) is 0 Å². The first kappa shape index (κ1) is 75.2. The Morgan fingerprint density at radius 3 is 1.25 bits per heavy atom. The second kappa shape index (κ2) is 57.4. The molecule has 0 aliphatic rings. The van der Waals surface area contributed by atoms with Gasteiger partial charge in [-0.15, -0.1) is 0 Å². The molecule has 0 spiro atoms. The second-order valence-corrected chi connectivity index (χ2v) is 23.3. The molecule has 0 aromatic carbocycles. The molecular formula is C69H118N2O7P+. The number of unbranched alkanes of at least 4 members (excludes halogenated alkanes) is 19. The van der Waals surface area contributed by atoms with Crippen LogP contribution in [-0.4, -0.2) is 74.3 Å². The fourth-order valence-electron chi connectivity index (χ4n) is 8.22. The third-order valence-corrected chi connectivity index (χ3v) is 14.1. The van der Waals surface area contributed by atoms with Gasteiger partial charge in [0.25, 0.3) is 0 Å². The van der Waals surface area contributed by atoms with E-state index < -0.39 is 20.0 Å². The van der Waals surface area contributed by atoms with Gasteiger partial charge in [-0.25, -0.2) is 4.57 Å². The number of nitrogens with zero attached hydrogens (tertiary/aromatic N) is 1. The van der Waals surface area contributed by atoms with E-state index in [1.165, 1.54) is 83.5 Å². The van der Waals surface area contributed by atoms with Crippen LogP contribution in [0.25, 0.3) is 0 Å². The van der Waals surface area contributed by atoms with Crippen molar-refractivity contribution in [1.82, 2.24) is 5.32 Å². The number of amides is 1. The van der Waals surface area contributed by atoms with Crippen molar-refractivity contribution in [3.05, 3.63) is 134 Å². The van der Waals surface area contributed by atoms with E-state index >= 15 is 0 Å². The van der Waals surface area contributed by atoms with Crippen LogP contribution in [0.5, 0.6) is 0 Å². The molecule has 3 atom stereocenters. The van der Waals surface area contributed by atoms with Crippen LogP contribution in [0, 0.1) is 0 Å². The lowest BCUT2D eigenvalue weighted by Crippen LogP contribution is -2.47. The number of allylic oxidation sites excluding steroid dienone is 21. The zero-order valence-electron chi connectivity index (χ0n) is 51.3. The van der Waals surface area contributed by atoms with Crippen molar-refractivity contribution in [3.8, 4) is 0 Å². The summed E-state index contributed by atoms with van der Waals surface area (Å²) >= 11 is 0. The van der Waals surface area contributed by atoms with Crippen molar-refractivity contribution in [3.63, 3.8) is 0 Å². The second-order valence-electron chi connectivity index (χ2n) is 21.8. The Balaban J connectivity index is 5.44. The summed E-state index contributed by atoms with van der Waals surface area (Å²) in [6.07, 6.45) is 81.7. The number of phosphoric acid groups is 1. The van der Waals surface area contributed by atoms with Gasteiger partial charge in [0.05, 0.1) is 33.8 Å². The molecule has 0 saturated carbocycles. The highest BCUT2D eigenvalue weighted by Crippen LogP contribution is 2.43. The maximum atomic E-state index is 13.5. The summed E-state index contributed by atoms with van der Waals surface area (Å²) in [5, 5.41) is 3.02. The molecule has 0 fully saturated rings. The molecule has 79 heavy (non-hydrogen) atoms. The van der Waals surface area contributed by atoms with Crippen molar-refractivity contribution >= 4 is 19.7 Å². The minimum atomic E-state index is -4.48. The molecule has 0 saturated heterocycles. The summed E-state index contributed by atoms with van der Waals surface area (Å²) in [5.74, 6) is -0.601. The highest BCUT2D eigenvalue weighted by atomic mass is 31.2. The number of hydrogen-bond acceptors (Lipinski definition) is 6. The van der Waals surface area contributed by atoms with E-state index in [0.717, 1.165) is 109 Å². The number of hydrogen-bond donors (Lipinski definition) is 2. The molecule has 2 N–H and O–H groups in total. The number of phosphoric ester groups is 1. The number of carbonyl (C=O) groups excluding carboxylic acids is 2. The molecule has 0 aromatic rings. The third-order valence-electron chi connectivity index (χ3n) is 13.1. The van der Waals surface area contributed by atoms with E-state index in [4.69, 9.17) is 13.8 Å². The van der Waals surface area contributed by atoms with E-state index in [1.54, 1.807) is 0 Å². The Morgan fingerprint density at radius 2 is 0.810 bits per heavy atom. The molecule has 0 rings (SSSR count). The van der Waals surface area contributed by atoms with E-state index in [1.807, 2.05) is 33.3 Å². The highest BCUT2D eigenvalue weighted by molar-refractivity contribution is 7.47. The first-order valence-corrected chi connectivity index (χ1v) is 33.0. The fraction of sp³-hybridized carbons (Fsp3) is 0.652. The lowest BCUT2D eigenvalue weighted by atomic mass is 10.0. The molecular weight excluding hydrogens is 1000 g/mol. The van der Waals surface area contributed by atoms with Crippen LogP contribution >= 0.6 is 7.82 Å². The number of quaternary nitrogens is 1. The van der Waals surface area contributed by atoms with Crippen molar-refractivity contribution in [2.24, 2.45) is 0 Å². The summed E-state index contributed by atoms with van der Waals surface area (Å²) in [5.41, 5.74) is 0. The van der Waals surface area contributed by atoms with E-state index in [9.17, 15) is 19.0 Å². The van der Waals surface area contributed by atoms with E-state index in [2.05, 4.69) is 148 Å². The van der Waals surface area contributed by atoms with Crippen LogP contribution in [-0.2, 0) is 27.9 Å². The van der Waals surface area contributed by atoms with Gasteiger partial charge in [0.15, 0.2) is 0 Å². The number of likely N-dealkylation sites (N-methyl/N-ethyl adjacent to an activating group) is 1. The summed E-state index contributed by atoms with van der Waals surface area (Å²) in [7, 11) is 1.43. The first-order valence-electron chi connectivity index (χ1n) is 31.5. The molecule has 9 nitrogen and oxygen atoms in total. The van der Waals surface area contributed by atoms with Gasteiger partial charge in [0.1, 0.15) is 19.3 Å². The first-order chi connectivity index (χ1) is 38.4. The van der Waals surface area contributed by atoms with Gasteiger partial charge in [0, 0.05) is 12.8 Å². The summed E-state index contributed by atoms with van der Waals surface area (Å²) in [6.45, 7) is 6.80. The molecule has 0 heterocycles. The molecule has 0 aliphatic carbocycles. The Labute approximate surface area is 485 Å². The zero-order chi connectivity index (χ0) is 57.9. The molecule has 450 valence electrons. The van der Waals surface area contributed by atoms with E-state index in [-0.39, 0.29) is 37.9 Å². The molecule has 3 unspecified atom stereocenters. The normalized spacial score (nSPS) is 14.6. The predicted octanol–water partition coefficient (Wildman–Crippen LogP) is 19.7. The molecule has 1 amide bonds. The standard InChI is InChI=1S/C69H117N2O7P/c1-7-10-13-16-19-22-25-28-30-32-34-35-37-38-40-43-46-49-52-55-58-61-68(72)70-66(65-77-79(74,75)76-64-63-71(4,5)6)67(60-57-54-51-48-45-42-27-24-21-18-15-12-9-3)78-69(73)62-59-56-53-50-47-44-41-39-36-33-31-29-26-23-20-17-14-11-8-2/h10,13,19-20,22-23,28-31,34-36,38-40,44,46-47,49,57,60,66-67H,7-9,11-12,14-18,21,24-27,32-33,37,41-43,45,48,50-56,58-59,61-65H2,1-6H3,(H-,70,72,74,75)/p+1/b13-10-,22-19-,23-20-,30-28-,31-29-,35-34-,39-36-,40-38-,47-44-,49-46-,60-57+. The lowest BCUT2D eigenvalue weighted by molar-refractivity contribution is -0.870. The number of ether oxygens (including phenoxy) is 1. The maximum absolute atomic E-state index is 13.5. The Bertz CT molecular complexity index is 1810. The van der Waals surface area contributed by atoms with Crippen LogP contribution in [0.2, 0.25) is 0 Å². The van der Waals surface area contributed by atoms with Gasteiger partial charge < -0.3 is 19.4 Å². The van der Waals surface area contributed by atoms with Crippen molar-refractivity contribution in [2.45, 2.75) is 251 Å². The van der Waals surface area contributed by atoms with Crippen molar-refractivity contribution < 1.29 is 37.3 Å². The van der Waals surface area contributed by atoms with Crippen LogP contribution in [0.1, 0.15) is 239 Å². The number of nitrogens with one attached hydrogen (secondary N) is 1. The molecule has 10 heteroatoms. The van der Waals surface area contributed by atoms with Gasteiger partial charge in [0.2, 0.25) is 5.91 Å². The summed E-state index contributed by atoms with van der Waals surface area (Å²) < 4.78 is 30.7. The highest BCUT2D eigenvalue weighted by Gasteiger charge is 2.30. The summed E-state index contributed by atoms with van der Waals surface area (Å²) in [6, 6.07) is -0.895. The van der Waals surface area contributed by atoms with Gasteiger partial charge in [-0.05, 0) is 128 Å². The molecule has 0 aromatic heterocycles. The van der Waals surface area contributed by atoms with E-state index in [0.29, 0.717) is 23.9 Å². The average Bonchev–Trinajstić information content (AvgIpc) is 3.41. The third kappa shape index (κ3) is 58.6. The van der Waals surface area contributed by atoms with Crippen LogP contribution < -0.4 is 5.32 Å². The fourth-order valence-corrected chi connectivity index (χ4v) is 8.95. The Hall–Kier alpha value is -3.85. The Kier molecular flexibility index (Phi) is 54.6. The SMILES string of the molecule is CC/C=C\C/C=C\C/C=C\C/C=C\C/C=C\C/C=C\CCCCC(=O)NC(COP(=O)(O)OCC[N+](C)(C)C)C(/C=C/CCCCCCCCCCCCC)OC(=O)CCCCC/C=C\C/C=C\C/C=C\C/C=C\CCCCC. The monoisotopic (exact) mass is 1120 g/mol. The lowest BCUT2D eigenvalue weighted by Gasteiger charge is -2.27. The van der Waals surface area contributed by atoms with Gasteiger partial charge >= 0.3 is 13.8 Å². The predicted molar refractivity (Wildman–Crippen MR) is 341 cm³/mol. The minimum Gasteiger partial charge on any atom is -0.456 e. The zero-order valence-corrected chi connectivity index (χ0v) is 52.2. The number of rotatable bonds is 55. The largest absolute Gasteiger partial charge is 0.472 e. The topological polar surface area (TPSA) is 111 Å². The molecule has 0 aliphatic heterocycles. The molecule has 0 radical (unpaired) electrons. The summed E-state index contributed by atoms with van der Waals surface area (Å²) in [4.78, 5) is 37.7. The van der Waals surface area contributed by atoms with Gasteiger partial charge in [-0.1, -0.05) is 232 Å². The Morgan fingerprint density at radius 1 is 0.456 bits per heavy atom. The quantitative estimate of drug-likeness (QED) is 0.0205. The van der Waals surface area contributed by atoms with Gasteiger partial charge in [-0.3, -0.25) is 18.6 Å².